The maximum absolute atomic E-state index is 13.3. The number of anilines is 1. The monoisotopic (exact) mass is 790 g/mol. The molecule has 0 spiro atoms. The molecule has 2 aliphatic rings. The first-order chi connectivity index (χ1) is 27.8. The van der Waals surface area contributed by atoms with Gasteiger partial charge in [0.2, 0.25) is 11.8 Å². The van der Waals surface area contributed by atoms with Crippen molar-refractivity contribution in [1.82, 2.24) is 36.1 Å². The van der Waals surface area contributed by atoms with E-state index in [9.17, 15) is 33.9 Å². The van der Waals surface area contributed by atoms with Gasteiger partial charge in [0.05, 0.1) is 22.7 Å². The fourth-order valence-electron chi connectivity index (χ4n) is 7.48. The number of piperidine rings is 1. The van der Waals surface area contributed by atoms with Gasteiger partial charge < -0.3 is 26.4 Å². The molecule has 2 aliphatic heterocycles. The molecule has 0 saturated carbocycles. The summed E-state index contributed by atoms with van der Waals surface area (Å²) in [6, 6.07) is 9.98. The average molecular weight is 791 g/mol. The standard InChI is InChI=1S/C43H50N8O7/c1-5-45-42(58)50-35(29-22-30(43(2,3)4)27-14-12-20-47-36(27)37(29)53)25-21-26(24-44-23-25)38(54)48-19-10-8-6-7-9-18-46-31-15-11-13-28-34(31)41(57)51(40(28)56)32-16-17-33(52)49-39(32)55/h11-15,20-24,32,35,46,53H,5-10,16-19H2,1-4H3,(H,48,54)(H2,45,50,58)(H,49,52,55). The topological polar surface area (TPSA) is 212 Å². The summed E-state index contributed by atoms with van der Waals surface area (Å²) in [5.41, 5.74) is 3.31. The number of fused-ring (bicyclic) bond motifs is 2. The number of aromatic hydroxyl groups is 1. The fraction of sp³-hybridized carbons (Fsp3) is 0.395. The lowest BCUT2D eigenvalue weighted by Crippen LogP contribution is -2.54. The number of unbranched alkanes of at least 4 members (excludes halogenated alkanes) is 4. The van der Waals surface area contributed by atoms with E-state index in [2.05, 4.69) is 57.3 Å². The number of urea groups is 1. The number of pyridine rings is 2. The van der Waals surface area contributed by atoms with Crippen molar-refractivity contribution in [2.24, 2.45) is 0 Å². The van der Waals surface area contributed by atoms with Gasteiger partial charge in [-0.1, -0.05) is 52.2 Å². The van der Waals surface area contributed by atoms with E-state index in [0.29, 0.717) is 47.5 Å². The van der Waals surface area contributed by atoms with Gasteiger partial charge in [0.15, 0.2) is 0 Å². The van der Waals surface area contributed by atoms with Crippen molar-refractivity contribution in [2.75, 3.05) is 25.0 Å². The molecule has 6 N–H and O–H groups in total. The number of nitrogens with zero attached hydrogens (tertiary/aromatic N) is 3. The molecule has 7 amide bonds. The normalized spacial score (nSPS) is 15.9. The van der Waals surface area contributed by atoms with Gasteiger partial charge in [-0.3, -0.25) is 44.2 Å². The van der Waals surface area contributed by atoms with E-state index in [1.807, 2.05) is 18.2 Å². The number of carbonyl (C=O) groups excluding carboxylic acids is 6. The van der Waals surface area contributed by atoms with Crippen LogP contribution in [0.2, 0.25) is 0 Å². The van der Waals surface area contributed by atoms with Gasteiger partial charge in [-0.05, 0) is 73.1 Å². The molecule has 0 aliphatic carbocycles. The Kier molecular flexibility index (Phi) is 12.7. The third-order valence-corrected chi connectivity index (χ3v) is 10.4. The third kappa shape index (κ3) is 8.93. The zero-order valence-corrected chi connectivity index (χ0v) is 33.2. The second-order valence-corrected chi connectivity index (χ2v) is 15.6. The Labute approximate surface area is 336 Å². The highest BCUT2D eigenvalue weighted by Gasteiger charge is 2.45. The van der Waals surface area contributed by atoms with Crippen molar-refractivity contribution in [3.8, 4) is 5.75 Å². The van der Waals surface area contributed by atoms with E-state index in [1.165, 1.54) is 6.20 Å². The van der Waals surface area contributed by atoms with Crippen LogP contribution < -0.4 is 26.6 Å². The third-order valence-electron chi connectivity index (χ3n) is 10.4. The highest BCUT2D eigenvalue weighted by atomic mass is 16.3. The van der Waals surface area contributed by atoms with Crippen LogP contribution in [-0.4, -0.2) is 81.2 Å². The SMILES string of the molecule is CCNC(=O)NC(c1cncc(C(=O)NCCCCCCCNc2cccc3c2C(=O)N(C2CCC(=O)NC2=O)C3=O)c1)c1cc(C(C)(C)C)c2cccnc2c1O. The number of aromatic nitrogens is 2. The molecular formula is C43H50N8O7. The van der Waals surface area contributed by atoms with Crippen LogP contribution in [0.3, 0.4) is 0 Å². The summed E-state index contributed by atoms with van der Waals surface area (Å²) in [7, 11) is 0. The van der Waals surface area contributed by atoms with Crippen LogP contribution in [0.15, 0.2) is 61.1 Å². The molecule has 4 heterocycles. The Bertz CT molecular complexity index is 2250. The highest BCUT2D eigenvalue weighted by molar-refractivity contribution is 6.25. The smallest absolute Gasteiger partial charge is 0.315 e. The number of hydrogen-bond acceptors (Lipinski definition) is 10. The summed E-state index contributed by atoms with van der Waals surface area (Å²) in [5.74, 6) is -2.53. The Morgan fingerprint density at radius 1 is 0.948 bits per heavy atom. The van der Waals surface area contributed by atoms with Gasteiger partial charge in [0, 0.05) is 61.3 Å². The van der Waals surface area contributed by atoms with Crippen LogP contribution in [0.25, 0.3) is 10.9 Å². The molecule has 6 rings (SSSR count). The molecule has 4 aromatic rings. The molecule has 0 bridgehead atoms. The van der Waals surface area contributed by atoms with Crippen LogP contribution in [0.1, 0.15) is 126 Å². The number of benzene rings is 2. The van der Waals surface area contributed by atoms with Crippen molar-refractivity contribution in [3.05, 3.63) is 94.4 Å². The van der Waals surface area contributed by atoms with Crippen LogP contribution in [0, 0.1) is 0 Å². The summed E-state index contributed by atoms with van der Waals surface area (Å²) < 4.78 is 0. The number of phenolic OH excluding ortho intramolecular Hbond substituents is 1. The van der Waals surface area contributed by atoms with Gasteiger partial charge in [-0.2, -0.15) is 0 Å². The van der Waals surface area contributed by atoms with Crippen molar-refractivity contribution in [1.29, 1.82) is 0 Å². The number of rotatable bonds is 15. The summed E-state index contributed by atoms with van der Waals surface area (Å²) in [6.07, 6.45) is 9.04. The van der Waals surface area contributed by atoms with Crippen molar-refractivity contribution < 1.29 is 33.9 Å². The molecule has 15 nitrogen and oxygen atoms in total. The predicted molar refractivity (Wildman–Crippen MR) is 217 cm³/mol. The van der Waals surface area contributed by atoms with Gasteiger partial charge in [0.1, 0.15) is 17.3 Å². The molecule has 58 heavy (non-hydrogen) atoms. The van der Waals surface area contributed by atoms with E-state index >= 15 is 0 Å². The van der Waals surface area contributed by atoms with Crippen molar-refractivity contribution in [3.63, 3.8) is 0 Å². The maximum Gasteiger partial charge on any atom is 0.315 e. The Morgan fingerprint density at radius 3 is 2.45 bits per heavy atom. The van der Waals surface area contributed by atoms with Gasteiger partial charge in [-0.15, -0.1) is 0 Å². The van der Waals surface area contributed by atoms with Crippen LogP contribution >= 0.6 is 0 Å². The number of nitrogens with one attached hydrogen (secondary N) is 5. The zero-order chi connectivity index (χ0) is 41.6. The van der Waals surface area contributed by atoms with Crippen molar-refractivity contribution in [2.45, 2.75) is 90.1 Å². The lowest BCUT2D eigenvalue weighted by Gasteiger charge is -2.27. The predicted octanol–water partition coefficient (Wildman–Crippen LogP) is 5.24. The second kappa shape index (κ2) is 17.8. The van der Waals surface area contributed by atoms with E-state index in [-0.39, 0.29) is 41.0 Å². The summed E-state index contributed by atoms with van der Waals surface area (Å²) in [6.45, 7) is 9.42. The highest BCUT2D eigenvalue weighted by Crippen LogP contribution is 2.40. The Hall–Kier alpha value is -6.38. The zero-order valence-electron chi connectivity index (χ0n) is 33.2. The van der Waals surface area contributed by atoms with E-state index in [1.54, 1.807) is 43.6 Å². The molecular weight excluding hydrogens is 741 g/mol. The number of phenols is 1. The molecule has 2 unspecified atom stereocenters. The summed E-state index contributed by atoms with van der Waals surface area (Å²) in [5, 5.41) is 26.5. The molecule has 0 radical (unpaired) electrons. The van der Waals surface area contributed by atoms with Gasteiger partial charge >= 0.3 is 6.03 Å². The Balaban J connectivity index is 1.01. The van der Waals surface area contributed by atoms with Gasteiger partial charge in [0.25, 0.3) is 17.7 Å². The molecule has 2 aromatic carbocycles. The number of hydrogen-bond donors (Lipinski definition) is 6. The molecule has 1 fully saturated rings. The number of amides is 7. The first kappa shape index (κ1) is 41.3. The van der Waals surface area contributed by atoms with Crippen LogP contribution in [0.4, 0.5) is 10.5 Å². The molecule has 304 valence electrons. The first-order valence-corrected chi connectivity index (χ1v) is 19.8. The largest absolute Gasteiger partial charge is 0.505 e. The maximum atomic E-state index is 13.3. The second-order valence-electron chi connectivity index (χ2n) is 15.6. The Morgan fingerprint density at radius 2 is 1.71 bits per heavy atom. The van der Waals surface area contributed by atoms with Crippen LogP contribution in [-0.2, 0) is 15.0 Å². The first-order valence-electron chi connectivity index (χ1n) is 19.8. The van der Waals surface area contributed by atoms with E-state index in [0.717, 1.165) is 48.0 Å². The lowest BCUT2D eigenvalue weighted by atomic mass is 9.81. The molecule has 15 heteroatoms. The summed E-state index contributed by atoms with van der Waals surface area (Å²) in [4.78, 5) is 86.4. The summed E-state index contributed by atoms with van der Waals surface area (Å²) >= 11 is 0. The molecule has 2 aromatic heterocycles. The minimum atomic E-state index is -1.02. The van der Waals surface area contributed by atoms with E-state index < -0.39 is 41.7 Å². The average Bonchev–Trinajstić information content (AvgIpc) is 3.45. The van der Waals surface area contributed by atoms with Gasteiger partial charge in [-0.25, -0.2) is 4.79 Å². The van der Waals surface area contributed by atoms with E-state index in [4.69, 9.17) is 0 Å². The fourth-order valence-corrected chi connectivity index (χ4v) is 7.48. The molecule has 2 atom stereocenters. The van der Waals surface area contributed by atoms with Crippen molar-refractivity contribution >= 4 is 52.2 Å². The minimum absolute atomic E-state index is 0.0592. The molecule has 1 saturated heterocycles. The quantitative estimate of drug-likeness (QED) is 0.0682. The minimum Gasteiger partial charge on any atom is -0.505 e. The van der Waals surface area contributed by atoms with Crippen LogP contribution in [0.5, 0.6) is 5.75 Å². The number of imide groups is 2. The number of carbonyl (C=O) groups is 6. The lowest BCUT2D eigenvalue weighted by molar-refractivity contribution is -0.136.